The second kappa shape index (κ2) is 11.3. The Balaban J connectivity index is 1.27. The van der Waals surface area contributed by atoms with Crippen LogP contribution in [0.4, 0.5) is 4.39 Å². The van der Waals surface area contributed by atoms with E-state index in [2.05, 4.69) is 31.4 Å². The highest BCUT2D eigenvalue weighted by Gasteiger charge is 2.51. The number of carbonyl (C=O) groups excluding carboxylic acids is 2. The molecule has 0 unspecified atom stereocenters. The Hall–Kier alpha value is -2.31. The van der Waals surface area contributed by atoms with Gasteiger partial charge >= 0.3 is 0 Å². The van der Waals surface area contributed by atoms with Crippen molar-refractivity contribution in [1.29, 1.82) is 0 Å². The Morgan fingerprint density at radius 1 is 1.00 bits per heavy atom. The van der Waals surface area contributed by atoms with Crippen molar-refractivity contribution >= 4 is 11.8 Å². The van der Waals surface area contributed by atoms with Crippen molar-refractivity contribution in [3.05, 3.63) is 23.5 Å². The van der Waals surface area contributed by atoms with Crippen LogP contribution in [0.3, 0.4) is 0 Å². The summed E-state index contributed by atoms with van der Waals surface area (Å²) >= 11 is 0. The van der Waals surface area contributed by atoms with Gasteiger partial charge in [0.25, 0.3) is 5.91 Å². The summed E-state index contributed by atoms with van der Waals surface area (Å²) in [5.74, 6) is -0.158. The maximum Gasteiger partial charge on any atom is 0.255 e. The predicted molar refractivity (Wildman–Crippen MR) is 149 cm³/mol. The maximum absolute atomic E-state index is 15.0. The maximum atomic E-state index is 15.0. The summed E-state index contributed by atoms with van der Waals surface area (Å²) < 4.78 is 26.6. The lowest BCUT2D eigenvalue weighted by molar-refractivity contribution is -0.128. The topological polar surface area (TPSA) is 76.7 Å². The molecule has 4 saturated carbocycles. The van der Waals surface area contributed by atoms with Gasteiger partial charge in [0.15, 0.2) is 11.6 Å². The first-order chi connectivity index (χ1) is 18.6. The van der Waals surface area contributed by atoms with E-state index in [0.29, 0.717) is 17.9 Å². The molecule has 5 rings (SSSR count). The molecule has 1 aromatic carbocycles. The zero-order valence-electron chi connectivity index (χ0n) is 24.2. The summed E-state index contributed by atoms with van der Waals surface area (Å²) in [4.78, 5) is 26.9. The monoisotopic (exact) mass is 542 g/mol. The number of fused-ring (bicyclic) bond motifs is 2. The van der Waals surface area contributed by atoms with Crippen LogP contribution in [0.15, 0.2) is 12.1 Å². The Labute approximate surface area is 233 Å². The lowest BCUT2D eigenvalue weighted by Gasteiger charge is -2.39. The normalized spacial score (nSPS) is 32.8. The number of carbonyl (C=O) groups is 2. The number of hydrogen-bond acceptors (Lipinski definition) is 4. The van der Waals surface area contributed by atoms with Crippen LogP contribution in [-0.2, 0) is 4.79 Å². The second-order valence-electron chi connectivity index (χ2n) is 13.6. The van der Waals surface area contributed by atoms with Crippen LogP contribution in [0.2, 0.25) is 0 Å². The van der Waals surface area contributed by atoms with E-state index in [9.17, 15) is 9.59 Å². The van der Waals surface area contributed by atoms with E-state index >= 15 is 4.39 Å². The van der Waals surface area contributed by atoms with Gasteiger partial charge in [-0.25, -0.2) is 4.39 Å². The van der Waals surface area contributed by atoms with Gasteiger partial charge < -0.3 is 20.1 Å². The van der Waals surface area contributed by atoms with E-state index in [1.54, 1.807) is 0 Å². The van der Waals surface area contributed by atoms with Gasteiger partial charge in [0.2, 0.25) is 5.91 Å². The van der Waals surface area contributed by atoms with Crippen molar-refractivity contribution in [2.45, 2.75) is 110 Å². The van der Waals surface area contributed by atoms with E-state index in [0.717, 1.165) is 64.2 Å². The SMILES string of the molecule is CCCC1(C)CCC(Oc2cc(C(=O)N[C@@H]3[C@H]4CC[C@H](C4)[C@@H]3C(=O)NCC3(C)CCC3)c(OC)cc2F)CC1. The smallest absolute Gasteiger partial charge is 0.255 e. The summed E-state index contributed by atoms with van der Waals surface area (Å²) in [6.07, 6.45) is 12.7. The van der Waals surface area contributed by atoms with Crippen LogP contribution < -0.4 is 20.1 Å². The number of amides is 2. The molecule has 1 aromatic rings. The van der Waals surface area contributed by atoms with Gasteiger partial charge in [0, 0.05) is 18.7 Å². The number of rotatable bonds is 10. The minimum Gasteiger partial charge on any atom is -0.496 e. The standard InChI is InChI=1S/C32H47FN2O4/c1-5-11-31(2)14-9-22(10-15-31)39-26-17-23(25(38-4)18-24(26)33)29(36)35-28-21-8-7-20(16-21)27(28)30(37)34-19-32(3)12-6-13-32/h17-18,20-22,27-28H,5-16,19H2,1-4H3,(H,34,37)(H,35,36)/t20-,21+,22?,27+,28-,31?/m1/s1. The summed E-state index contributed by atoms with van der Waals surface area (Å²) in [6.45, 7) is 7.48. The van der Waals surface area contributed by atoms with E-state index in [1.165, 1.54) is 32.1 Å². The Morgan fingerprint density at radius 3 is 2.36 bits per heavy atom. The predicted octanol–water partition coefficient (Wildman–Crippen LogP) is 6.41. The molecule has 0 heterocycles. The van der Waals surface area contributed by atoms with E-state index in [-0.39, 0.29) is 58.3 Å². The highest BCUT2D eigenvalue weighted by Crippen LogP contribution is 2.49. The quantitative estimate of drug-likeness (QED) is 0.358. The molecule has 0 saturated heterocycles. The third-order valence-corrected chi connectivity index (χ3v) is 10.6. The summed E-state index contributed by atoms with van der Waals surface area (Å²) in [6, 6.07) is 2.51. The van der Waals surface area contributed by atoms with Gasteiger partial charge in [-0.15, -0.1) is 0 Å². The molecule has 0 spiro atoms. The lowest BCUT2D eigenvalue weighted by atomic mass is 9.70. The Bertz CT molecular complexity index is 1060. The van der Waals surface area contributed by atoms with Crippen LogP contribution in [-0.4, -0.2) is 37.6 Å². The van der Waals surface area contributed by atoms with Crippen molar-refractivity contribution in [1.82, 2.24) is 10.6 Å². The van der Waals surface area contributed by atoms with Crippen LogP contribution in [0, 0.1) is 34.4 Å². The highest BCUT2D eigenvalue weighted by atomic mass is 19.1. The molecule has 7 heteroatoms. The molecule has 4 atom stereocenters. The second-order valence-corrected chi connectivity index (χ2v) is 13.6. The molecule has 2 N–H and O–H groups in total. The van der Waals surface area contributed by atoms with Crippen molar-refractivity contribution in [3.8, 4) is 11.5 Å². The summed E-state index contributed by atoms with van der Waals surface area (Å²) in [5.41, 5.74) is 0.790. The molecule has 4 aliphatic carbocycles. The highest BCUT2D eigenvalue weighted by molar-refractivity contribution is 5.98. The molecule has 2 amide bonds. The van der Waals surface area contributed by atoms with Gasteiger partial charge in [-0.05, 0) is 92.9 Å². The number of nitrogens with one attached hydrogen (secondary N) is 2. The summed E-state index contributed by atoms with van der Waals surface area (Å²) in [5, 5.41) is 6.38. The number of methoxy groups -OCH3 is 1. The molecular formula is C32H47FN2O4. The molecule has 216 valence electrons. The minimum atomic E-state index is -0.521. The third kappa shape index (κ3) is 5.92. The first-order valence-corrected chi connectivity index (χ1v) is 15.3. The lowest BCUT2D eigenvalue weighted by Crippen LogP contribution is -2.51. The van der Waals surface area contributed by atoms with Crippen molar-refractivity contribution in [2.24, 2.45) is 28.6 Å². The average molecular weight is 543 g/mol. The molecule has 0 aliphatic heterocycles. The molecule has 4 fully saturated rings. The molecule has 0 aromatic heterocycles. The fourth-order valence-corrected chi connectivity index (χ4v) is 7.89. The van der Waals surface area contributed by atoms with Crippen molar-refractivity contribution in [2.75, 3.05) is 13.7 Å². The molecule has 6 nitrogen and oxygen atoms in total. The first kappa shape index (κ1) is 28.2. The van der Waals surface area contributed by atoms with Gasteiger partial charge in [0.1, 0.15) is 5.75 Å². The average Bonchev–Trinajstić information content (AvgIpc) is 3.50. The molecule has 39 heavy (non-hydrogen) atoms. The number of ether oxygens (including phenoxy) is 2. The summed E-state index contributed by atoms with van der Waals surface area (Å²) in [7, 11) is 1.44. The van der Waals surface area contributed by atoms with Gasteiger partial charge in [-0.3, -0.25) is 9.59 Å². The van der Waals surface area contributed by atoms with Crippen molar-refractivity contribution in [3.63, 3.8) is 0 Å². The van der Waals surface area contributed by atoms with E-state index in [1.807, 2.05) is 0 Å². The molecular weight excluding hydrogens is 495 g/mol. The third-order valence-electron chi connectivity index (χ3n) is 10.6. The number of hydrogen-bond donors (Lipinski definition) is 2. The fourth-order valence-electron chi connectivity index (χ4n) is 7.89. The largest absolute Gasteiger partial charge is 0.496 e. The minimum absolute atomic E-state index is 0.0584. The fraction of sp³-hybridized carbons (Fsp3) is 0.750. The van der Waals surface area contributed by atoms with Gasteiger partial charge in [-0.1, -0.05) is 33.6 Å². The zero-order valence-corrected chi connectivity index (χ0v) is 24.2. The van der Waals surface area contributed by atoms with Crippen LogP contribution in [0.25, 0.3) is 0 Å². The van der Waals surface area contributed by atoms with Crippen LogP contribution in [0.1, 0.15) is 108 Å². The Morgan fingerprint density at radius 2 is 1.72 bits per heavy atom. The van der Waals surface area contributed by atoms with E-state index in [4.69, 9.17) is 9.47 Å². The van der Waals surface area contributed by atoms with Crippen molar-refractivity contribution < 1.29 is 23.5 Å². The molecule has 0 radical (unpaired) electrons. The van der Waals surface area contributed by atoms with Gasteiger partial charge in [-0.2, -0.15) is 0 Å². The van der Waals surface area contributed by atoms with Gasteiger partial charge in [0.05, 0.1) is 24.7 Å². The van der Waals surface area contributed by atoms with E-state index < -0.39 is 5.82 Å². The van der Waals surface area contributed by atoms with Crippen LogP contribution in [0.5, 0.6) is 11.5 Å². The van der Waals surface area contributed by atoms with Crippen LogP contribution >= 0.6 is 0 Å². The molecule has 4 aliphatic rings. The number of halogens is 1. The number of benzene rings is 1. The Kier molecular flexibility index (Phi) is 8.17. The first-order valence-electron chi connectivity index (χ1n) is 15.3. The molecule has 2 bridgehead atoms. The zero-order chi connectivity index (χ0) is 27.8.